The summed E-state index contributed by atoms with van der Waals surface area (Å²) >= 11 is 0. The van der Waals surface area contributed by atoms with Crippen molar-refractivity contribution in [1.29, 1.82) is 0 Å². The number of likely N-dealkylation sites (tertiary alicyclic amines) is 1. The molecule has 1 N–H and O–H groups in total. The quantitative estimate of drug-likeness (QED) is 0.594. The third kappa shape index (κ3) is 6.31. The number of amides is 1. The van der Waals surface area contributed by atoms with Gasteiger partial charge in [-0.05, 0) is 42.0 Å². The molecule has 33 heavy (non-hydrogen) atoms. The van der Waals surface area contributed by atoms with Crippen molar-refractivity contribution in [1.82, 2.24) is 14.9 Å². The van der Waals surface area contributed by atoms with Crippen LogP contribution in [0.3, 0.4) is 0 Å². The number of rotatable bonds is 8. The molecule has 0 bridgehead atoms. The van der Waals surface area contributed by atoms with E-state index in [0.717, 1.165) is 24.1 Å². The number of nitrogens with zero attached hydrogens (tertiary/aromatic N) is 3. The van der Waals surface area contributed by atoms with Crippen LogP contribution >= 0.6 is 0 Å². The normalized spacial score (nSPS) is 18.8. The van der Waals surface area contributed by atoms with Gasteiger partial charge in [0.1, 0.15) is 12.1 Å². The van der Waals surface area contributed by atoms with Crippen LogP contribution in [0, 0.1) is 11.8 Å². The molecule has 1 aliphatic heterocycles. The predicted molar refractivity (Wildman–Crippen MR) is 119 cm³/mol. The molecule has 2 aromatic rings. The summed E-state index contributed by atoms with van der Waals surface area (Å²) in [6, 6.07) is 5.71. The first-order valence-electron chi connectivity index (χ1n) is 11.1. The number of benzene rings is 1. The Bertz CT molecular complexity index is 1000. The van der Waals surface area contributed by atoms with E-state index < -0.39 is 12.6 Å². The van der Waals surface area contributed by atoms with Crippen LogP contribution in [0.2, 0.25) is 0 Å². The van der Waals surface area contributed by atoms with Gasteiger partial charge in [-0.3, -0.25) is 9.69 Å². The Morgan fingerprint density at radius 2 is 2.00 bits per heavy atom. The van der Waals surface area contributed by atoms with E-state index in [1.807, 2.05) is 18.2 Å². The molecule has 1 amide bonds. The van der Waals surface area contributed by atoms with Crippen molar-refractivity contribution in [3.63, 3.8) is 0 Å². The number of halogens is 3. The molecular weight excluding hydrogens is 433 g/mol. The molecule has 0 unspecified atom stereocenters. The topological polar surface area (TPSA) is 67.3 Å². The Morgan fingerprint density at radius 1 is 1.24 bits per heavy atom. The molecule has 1 aliphatic carbocycles. The Labute approximate surface area is 190 Å². The summed E-state index contributed by atoms with van der Waals surface area (Å²) in [6.07, 6.45) is 2.59. The maximum atomic E-state index is 12.4. The summed E-state index contributed by atoms with van der Waals surface area (Å²) in [5.41, 5.74) is 4.18. The fourth-order valence-corrected chi connectivity index (χ4v) is 4.19. The lowest BCUT2D eigenvalue weighted by molar-refractivity contribution is -0.136. The van der Waals surface area contributed by atoms with Gasteiger partial charge in [-0.2, -0.15) is 13.2 Å². The summed E-state index contributed by atoms with van der Waals surface area (Å²) in [7, 11) is 0. The monoisotopic (exact) mass is 460 g/mol. The Hall–Kier alpha value is -2.94. The van der Waals surface area contributed by atoms with Crippen molar-refractivity contribution in [2.24, 2.45) is 11.8 Å². The number of anilines is 1. The highest BCUT2D eigenvalue weighted by atomic mass is 19.4. The number of alkyl halides is 3. The van der Waals surface area contributed by atoms with E-state index in [9.17, 15) is 18.0 Å². The molecule has 0 radical (unpaired) electrons. The molecule has 9 heteroatoms. The van der Waals surface area contributed by atoms with E-state index in [4.69, 9.17) is 4.74 Å². The molecule has 1 atom stereocenters. The minimum atomic E-state index is -4.15. The molecule has 4 rings (SSSR count). The molecule has 1 saturated heterocycles. The number of carbonyl (C=O) groups excluding carboxylic acids is 1. The predicted octanol–water partition coefficient (Wildman–Crippen LogP) is 4.34. The van der Waals surface area contributed by atoms with Gasteiger partial charge in [0, 0.05) is 26.1 Å². The summed E-state index contributed by atoms with van der Waals surface area (Å²) < 4.78 is 42.3. The van der Waals surface area contributed by atoms with Gasteiger partial charge in [-0.1, -0.05) is 24.6 Å². The number of aromatic nitrogens is 2. The zero-order valence-electron chi connectivity index (χ0n) is 18.4. The summed E-state index contributed by atoms with van der Waals surface area (Å²) in [4.78, 5) is 22.4. The summed E-state index contributed by atoms with van der Waals surface area (Å²) in [5, 5.41) is 2.85. The van der Waals surface area contributed by atoms with Gasteiger partial charge in [-0.25, -0.2) is 9.97 Å². The molecule has 0 saturated carbocycles. The largest absolute Gasteiger partial charge is 0.494 e. The highest BCUT2D eigenvalue weighted by Crippen LogP contribution is 2.33. The van der Waals surface area contributed by atoms with Crippen LogP contribution < -0.4 is 10.1 Å². The van der Waals surface area contributed by atoms with Crippen molar-refractivity contribution < 1.29 is 22.7 Å². The number of ether oxygens (including phenoxy) is 1. The molecular formula is C24H27F3N4O2. The number of fused-ring (bicyclic) bond motifs is 1. The van der Waals surface area contributed by atoms with E-state index >= 15 is 0 Å². The van der Waals surface area contributed by atoms with Gasteiger partial charge < -0.3 is 10.1 Å². The zero-order chi connectivity index (χ0) is 23.4. The van der Waals surface area contributed by atoms with Crippen LogP contribution in [0.1, 0.15) is 30.9 Å². The molecule has 0 spiro atoms. The standard InChI is InChI=1S/C24H27F3N4O2/c1-16-7-18-9-22(33-6-2-5-24(25,26)27)4-3-17(18)8-19(16)12-31-13-20(14-31)23(32)30-21-10-28-15-29-11-21/h3-4,8-11,15-16,20H,2,5-7,12-14H2,1H3,(H,30,32)/t16-/m0/s1. The summed E-state index contributed by atoms with van der Waals surface area (Å²) in [5.74, 6) is 0.890. The number of hydrogen-bond acceptors (Lipinski definition) is 5. The van der Waals surface area contributed by atoms with Crippen LogP contribution in [0.4, 0.5) is 18.9 Å². The molecule has 1 aromatic heterocycles. The van der Waals surface area contributed by atoms with Gasteiger partial charge in [0.2, 0.25) is 5.91 Å². The lowest BCUT2D eigenvalue weighted by Crippen LogP contribution is -2.52. The zero-order valence-corrected chi connectivity index (χ0v) is 18.4. The highest BCUT2D eigenvalue weighted by molar-refractivity contribution is 5.93. The maximum absolute atomic E-state index is 12.4. The maximum Gasteiger partial charge on any atom is 0.389 e. The molecule has 6 nitrogen and oxygen atoms in total. The van der Waals surface area contributed by atoms with Crippen LogP contribution in [0.25, 0.3) is 6.08 Å². The Balaban J connectivity index is 1.27. The first-order valence-corrected chi connectivity index (χ1v) is 11.1. The van der Waals surface area contributed by atoms with Crippen molar-refractivity contribution >= 4 is 17.7 Å². The second-order valence-electron chi connectivity index (χ2n) is 8.76. The lowest BCUT2D eigenvalue weighted by atomic mass is 9.83. The second kappa shape index (κ2) is 9.91. The van der Waals surface area contributed by atoms with Crippen LogP contribution in [-0.4, -0.2) is 53.2 Å². The smallest absolute Gasteiger partial charge is 0.389 e. The van der Waals surface area contributed by atoms with Gasteiger partial charge in [0.25, 0.3) is 0 Å². The third-order valence-electron chi connectivity index (χ3n) is 6.05. The highest BCUT2D eigenvalue weighted by Gasteiger charge is 2.34. The second-order valence-corrected chi connectivity index (χ2v) is 8.76. The van der Waals surface area contributed by atoms with Crippen molar-refractivity contribution in [2.45, 2.75) is 32.4 Å². The fourth-order valence-electron chi connectivity index (χ4n) is 4.19. The first kappa shape index (κ1) is 23.2. The van der Waals surface area contributed by atoms with Crippen LogP contribution in [0.15, 0.2) is 42.5 Å². The number of carbonyl (C=O) groups is 1. The summed E-state index contributed by atoms with van der Waals surface area (Å²) in [6.45, 7) is 4.46. The van der Waals surface area contributed by atoms with Gasteiger partial charge in [0.05, 0.1) is 30.6 Å². The van der Waals surface area contributed by atoms with Crippen molar-refractivity contribution in [3.05, 3.63) is 53.6 Å². The number of hydrogen-bond donors (Lipinski definition) is 1. The van der Waals surface area contributed by atoms with E-state index in [0.29, 0.717) is 30.4 Å². The van der Waals surface area contributed by atoms with Gasteiger partial charge in [0.15, 0.2) is 0 Å². The average Bonchev–Trinajstić information content (AvgIpc) is 2.73. The van der Waals surface area contributed by atoms with Crippen molar-refractivity contribution in [2.75, 3.05) is 31.6 Å². The molecule has 2 heterocycles. The van der Waals surface area contributed by atoms with Gasteiger partial charge in [-0.15, -0.1) is 0 Å². The minimum absolute atomic E-state index is 0.0140. The fraction of sp³-hybridized carbons (Fsp3) is 0.458. The van der Waals surface area contributed by atoms with E-state index in [2.05, 4.69) is 33.2 Å². The molecule has 1 aromatic carbocycles. The van der Waals surface area contributed by atoms with Crippen LogP contribution in [-0.2, 0) is 11.2 Å². The molecule has 2 aliphatic rings. The van der Waals surface area contributed by atoms with Crippen LogP contribution in [0.5, 0.6) is 5.75 Å². The third-order valence-corrected chi connectivity index (χ3v) is 6.05. The molecule has 1 fully saturated rings. The average molecular weight is 461 g/mol. The Morgan fingerprint density at radius 3 is 2.73 bits per heavy atom. The first-order chi connectivity index (χ1) is 15.8. The van der Waals surface area contributed by atoms with Crippen molar-refractivity contribution in [3.8, 4) is 5.75 Å². The number of nitrogens with one attached hydrogen (secondary N) is 1. The minimum Gasteiger partial charge on any atom is -0.494 e. The van der Waals surface area contributed by atoms with E-state index in [-0.39, 0.29) is 24.9 Å². The van der Waals surface area contributed by atoms with E-state index in [1.54, 1.807) is 12.4 Å². The lowest BCUT2D eigenvalue weighted by Gasteiger charge is -2.40. The Kier molecular flexibility index (Phi) is 6.97. The molecule has 176 valence electrons. The SMILES string of the molecule is C[C@H]1Cc2cc(OCCCC(F)(F)F)ccc2C=C1CN1CC(C(=O)Nc2cncnc2)C1. The van der Waals surface area contributed by atoms with Gasteiger partial charge >= 0.3 is 6.18 Å². The van der Waals surface area contributed by atoms with E-state index in [1.165, 1.54) is 11.9 Å².